The highest BCUT2D eigenvalue weighted by Crippen LogP contribution is 2.48. The molecular weight excluding hydrogens is 322 g/mol. The molecule has 0 amide bonds. The van der Waals surface area contributed by atoms with Crippen molar-refractivity contribution < 1.29 is 18.3 Å². The second-order valence-electron chi connectivity index (χ2n) is 6.21. The predicted molar refractivity (Wildman–Crippen MR) is 86.6 cm³/mol. The number of hydrogen-bond donors (Lipinski definition) is 0. The van der Waals surface area contributed by atoms with E-state index in [1.807, 2.05) is 17.9 Å². The van der Waals surface area contributed by atoms with E-state index < -0.39 is 5.92 Å². The number of alkyl halides is 2. The zero-order chi connectivity index (χ0) is 16.7. The second-order valence-corrected chi connectivity index (χ2v) is 7.68. The summed E-state index contributed by atoms with van der Waals surface area (Å²) >= 11 is 1.56. The van der Waals surface area contributed by atoms with Gasteiger partial charge in [-0.3, -0.25) is 0 Å². The molecule has 0 radical (unpaired) electrons. The first-order valence-electron chi connectivity index (χ1n) is 7.82. The highest BCUT2D eigenvalue weighted by Gasteiger charge is 2.44. The maximum absolute atomic E-state index is 13.3. The number of nitrogens with zero attached hydrogens (tertiary/aromatic N) is 2. The topological polar surface area (TPSA) is 41.9 Å². The molecule has 0 aromatic rings. The van der Waals surface area contributed by atoms with Gasteiger partial charge in [-0.25, -0.2) is 18.6 Å². The largest absolute Gasteiger partial charge is 0.463 e. The minimum absolute atomic E-state index is 0.130. The number of rotatable bonds is 2. The quantitative estimate of drug-likeness (QED) is 0.722. The number of hydrogen-bond acceptors (Lipinski definition) is 5. The first-order chi connectivity index (χ1) is 10.8. The SMILES string of the molecule is CCOC(=O)C1=CC=C2N=C(N3CCC(F)(F)CC3)SC2(C)C1. The highest BCUT2D eigenvalue weighted by molar-refractivity contribution is 8.15. The molecule has 3 rings (SSSR count). The molecule has 0 saturated carbocycles. The Kier molecular flexibility index (Phi) is 4.25. The average Bonchev–Trinajstić information content (AvgIpc) is 2.83. The molecule has 0 spiro atoms. The summed E-state index contributed by atoms with van der Waals surface area (Å²) in [6.45, 7) is 4.80. The Morgan fingerprint density at radius 2 is 2.09 bits per heavy atom. The molecule has 1 saturated heterocycles. The van der Waals surface area contributed by atoms with Crippen LogP contribution in [0.15, 0.2) is 28.4 Å². The molecule has 1 aliphatic carbocycles. The number of fused-ring (bicyclic) bond motifs is 1. The van der Waals surface area contributed by atoms with Crippen molar-refractivity contribution in [2.45, 2.75) is 43.8 Å². The number of allylic oxidation sites excluding steroid dienone is 2. The summed E-state index contributed by atoms with van der Waals surface area (Å²) < 4.78 is 31.3. The van der Waals surface area contributed by atoms with Crippen LogP contribution in [0.25, 0.3) is 0 Å². The predicted octanol–water partition coefficient (Wildman–Crippen LogP) is 3.36. The standard InChI is InChI=1S/C16H20F2N2O2S/c1-3-22-13(21)11-4-5-12-15(2,10-11)23-14(19-12)20-8-6-16(17,18)7-9-20/h4-5H,3,6-10H2,1-2H3. The van der Waals surface area contributed by atoms with E-state index in [1.54, 1.807) is 24.8 Å². The number of piperidine rings is 1. The highest BCUT2D eigenvalue weighted by atomic mass is 32.2. The summed E-state index contributed by atoms with van der Waals surface area (Å²) in [5.41, 5.74) is 1.52. The second kappa shape index (κ2) is 5.92. The minimum atomic E-state index is -2.56. The van der Waals surface area contributed by atoms with Crippen LogP contribution in [0.4, 0.5) is 8.78 Å². The maximum atomic E-state index is 13.3. The molecule has 1 unspecified atom stereocenters. The summed E-state index contributed by atoms with van der Waals surface area (Å²) in [5, 5.41) is 0.785. The Morgan fingerprint density at radius 1 is 1.39 bits per heavy atom. The molecule has 3 aliphatic rings. The number of thioether (sulfide) groups is 1. The molecule has 23 heavy (non-hydrogen) atoms. The number of aliphatic imine (C=N–C) groups is 1. The fourth-order valence-corrected chi connectivity index (χ4v) is 4.27. The molecule has 4 nitrogen and oxygen atoms in total. The summed E-state index contributed by atoms with van der Waals surface area (Å²) in [6.07, 6.45) is 3.88. The van der Waals surface area contributed by atoms with Crippen molar-refractivity contribution in [1.29, 1.82) is 0 Å². The van der Waals surface area contributed by atoms with Gasteiger partial charge in [-0.15, -0.1) is 0 Å². The van der Waals surface area contributed by atoms with Crippen LogP contribution < -0.4 is 0 Å². The molecule has 0 aromatic heterocycles. The Balaban J connectivity index is 1.73. The van der Waals surface area contributed by atoms with Crippen molar-refractivity contribution in [2.75, 3.05) is 19.7 Å². The van der Waals surface area contributed by atoms with E-state index in [0.29, 0.717) is 31.7 Å². The zero-order valence-corrected chi connectivity index (χ0v) is 14.1. The molecule has 2 aliphatic heterocycles. The van der Waals surface area contributed by atoms with E-state index in [9.17, 15) is 13.6 Å². The normalized spacial score (nSPS) is 29.4. The number of carbonyl (C=O) groups is 1. The molecule has 0 bridgehead atoms. The van der Waals surface area contributed by atoms with Gasteiger partial charge in [-0.1, -0.05) is 11.8 Å². The van der Waals surface area contributed by atoms with Crippen LogP contribution in [-0.4, -0.2) is 46.4 Å². The van der Waals surface area contributed by atoms with Crippen molar-refractivity contribution >= 4 is 22.9 Å². The number of carbonyl (C=O) groups excluding carboxylic acids is 1. The molecule has 126 valence electrons. The number of ether oxygens (including phenoxy) is 1. The molecule has 7 heteroatoms. The minimum Gasteiger partial charge on any atom is -0.463 e. The van der Waals surface area contributed by atoms with E-state index >= 15 is 0 Å². The lowest BCUT2D eigenvalue weighted by molar-refractivity contribution is -0.138. The van der Waals surface area contributed by atoms with Crippen molar-refractivity contribution in [3.05, 3.63) is 23.4 Å². The van der Waals surface area contributed by atoms with E-state index in [2.05, 4.69) is 4.99 Å². The first-order valence-corrected chi connectivity index (χ1v) is 8.63. The molecular formula is C16H20F2N2O2S. The van der Waals surface area contributed by atoms with Crippen LogP contribution in [0.2, 0.25) is 0 Å². The molecule has 0 N–H and O–H groups in total. The number of halogens is 2. The summed E-state index contributed by atoms with van der Waals surface area (Å²) in [4.78, 5) is 18.5. The van der Waals surface area contributed by atoms with Gasteiger partial charge in [0.2, 0.25) is 0 Å². The number of esters is 1. The van der Waals surface area contributed by atoms with Crippen LogP contribution in [0, 0.1) is 0 Å². The molecule has 0 aromatic carbocycles. The summed E-state index contributed by atoms with van der Waals surface area (Å²) in [5.74, 6) is -2.86. The third kappa shape index (κ3) is 3.29. The monoisotopic (exact) mass is 342 g/mol. The third-order valence-corrected chi connectivity index (χ3v) is 5.68. The van der Waals surface area contributed by atoms with Gasteiger partial charge in [0.15, 0.2) is 5.17 Å². The fraction of sp³-hybridized carbons (Fsp3) is 0.625. The van der Waals surface area contributed by atoms with Crippen LogP contribution >= 0.6 is 11.8 Å². The van der Waals surface area contributed by atoms with Crippen molar-refractivity contribution in [3.63, 3.8) is 0 Å². The van der Waals surface area contributed by atoms with Crippen LogP contribution in [0.5, 0.6) is 0 Å². The Labute approximate surface area is 138 Å². The van der Waals surface area contributed by atoms with Crippen molar-refractivity contribution in [2.24, 2.45) is 4.99 Å². The summed E-state index contributed by atoms with van der Waals surface area (Å²) in [6, 6.07) is 0. The van der Waals surface area contributed by atoms with Gasteiger partial charge in [0.05, 0.1) is 17.1 Å². The number of amidine groups is 1. The Hall–Kier alpha value is -1.37. The van der Waals surface area contributed by atoms with Crippen LogP contribution in [0.3, 0.4) is 0 Å². The smallest absolute Gasteiger partial charge is 0.334 e. The number of likely N-dealkylation sites (tertiary alicyclic amines) is 1. The van der Waals surface area contributed by atoms with E-state index in [1.165, 1.54) is 0 Å². The van der Waals surface area contributed by atoms with E-state index in [4.69, 9.17) is 4.74 Å². The van der Waals surface area contributed by atoms with E-state index in [-0.39, 0.29) is 23.6 Å². The molecule has 2 heterocycles. The van der Waals surface area contributed by atoms with Crippen LogP contribution in [0.1, 0.15) is 33.1 Å². The fourth-order valence-electron chi connectivity index (χ4n) is 2.96. The van der Waals surface area contributed by atoms with Gasteiger partial charge in [-0.2, -0.15) is 0 Å². The Morgan fingerprint density at radius 3 is 2.74 bits per heavy atom. The lowest BCUT2D eigenvalue weighted by Gasteiger charge is -2.33. The molecule has 1 atom stereocenters. The first kappa shape index (κ1) is 16.5. The van der Waals surface area contributed by atoms with Gasteiger partial charge in [0, 0.05) is 37.9 Å². The lowest BCUT2D eigenvalue weighted by Crippen LogP contribution is -2.41. The lowest BCUT2D eigenvalue weighted by atomic mass is 9.92. The Bertz CT molecular complexity index is 605. The van der Waals surface area contributed by atoms with Crippen LogP contribution in [-0.2, 0) is 9.53 Å². The van der Waals surface area contributed by atoms with Crippen molar-refractivity contribution in [1.82, 2.24) is 4.90 Å². The molecule has 1 fully saturated rings. The van der Waals surface area contributed by atoms with Gasteiger partial charge in [-0.05, 0) is 26.0 Å². The zero-order valence-electron chi connectivity index (χ0n) is 13.3. The van der Waals surface area contributed by atoms with Gasteiger partial charge in [0.1, 0.15) is 0 Å². The third-order valence-electron chi connectivity index (χ3n) is 4.35. The van der Waals surface area contributed by atoms with Gasteiger partial charge >= 0.3 is 5.97 Å². The van der Waals surface area contributed by atoms with Gasteiger partial charge in [0.25, 0.3) is 5.92 Å². The average molecular weight is 342 g/mol. The van der Waals surface area contributed by atoms with E-state index in [0.717, 1.165) is 10.9 Å². The van der Waals surface area contributed by atoms with Crippen molar-refractivity contribution in [3.8, 4) is 0 Å². The van der Waals surface area contributed by atoms with Gasteiger partial charge < -0.3 is 9.64 Å². The summed E-state index contributed by atoms with van der Waals surface area (Å²) in [7, 11) is 0. The maximum Gasteiger partial charge on any atom is 0.334 e.